The van der Waals surface area contributed by atoms with Crippen LogP contribution in [-0.2, 0) is 14.8 Å². The maximum Gasteiger partial charge on any atom is 0.320 e. The fourth-order valence-corrected chi connectivity index (χ4v) is 3.67. The number of carbonyl (C=O) groups is 1. The van der Waals surface area contributed by atoms with E-state index in [-0.39, 0.29) is 6.04 Å². The largest absolute Gasteiger partial charge is 0.480 e. The fraction of sp³-hybridized carbons (Fsp3) is 0.889. The molecule has 0 radical (unpaired) electrons. The van der Waals surface area contributed by atoms with Gasteiger partial charge in [-0.25, -0.2) is 13.1 Å². The topological polar surface area (TPSA) is 86.7 Å². The molecule has 0 spiro atoms. The molecule has 3 fully saturated rings. The van der Waals surface area contributed by atoms with Crippen LogP contribution in [-0.4, -0.2) is 55.8 Å². The third-order valence-corrected chi connectivity index (χ3v) is 4.59. The molecule has 7 heteroatoms. The van der Waals surface area contributed by atoms with Gasteiger partial charge in [0.05, 0.1) is 0 Å². The van der Waals surface area contributed by atoms with Gasteiger partial charge in [0, 0.05) is 12.6 Å². The Labute approximate surface area is 94.7 Å². The maximum absolute atomic E-state index is 11.5. The maximum atomic E-state index is 11.5. The number of fused-ring (bicyclic) bond motifs is 3. The van der Waals surface area contributed by atoms with Crippen molar-refractivity contribution in [2.24, 2.45) is 5.92 Å². The van der Waals surface area contributed by atoms with E-state index >= 15 is 0 Å². The fourth-order valence-electron chi connectivity index (χ4n) is 2.53. The lowest BCUT2D eigenvalue weighted by Crippen LogP contribution is -2.57. The van der Waals surface area contributed by atoms with Crippen molar-refractivity contribution >= 4 is 16.0 Å². The number of aliphatic carboxylic acids is 1. The lowest BCUT2D eigenvalue weighted by atomic mass is 9.85. The highest BCUT2D eigenvalue weighted by Crippen LogP contribution is 2.27. The lowest BCUT2D eigenvalue weighted by molar-refractivity contribution is -0.134. The van der Waals surface area contributed by atoms with Gasteiger partial charge in [0.2, 0.25) is 10.0 Å². The molecular formula is C9H16N2O4S. The minimum Gasteiger partial charge on any atom is -0.480 e. The molecule has 2 bridgehead atoms. The Morgan fingerprint density at radius 1 is 1.38 bits per heavy atom. The summed E-state index contributed by atoms with van der Waals surface area (Å²) in [5.74, 6) is -1.78. The van der Waals surface area contributed by atoms with Crippen LogP contribution in [0.1, 0.15) is 12.8 Å². The molecule has 6 nitrogen and oxygen atoms in total. The summed E-state index contributed by atoms with van der Waals surface area (Å²) in [5.41, 5.74) is 0. The van der Waals surface area contributed by atoms with E-state index in [0.717, 1.165) is 25.9 Å². The first-order valence-corrected chi connectivity index (χ1v) is 7.06. The van der Waals surface area contributed by atoms with Gasteiger partial charge in [-0.3, -0.25) is 4.79 Å². The third-order valence-electron chi connectivity index (χ3n) is 3.30. The van der Waals surface area contributed by atoms with E-state index in [1.54, 1.807) is 0 Å². The van der Waals surface area contributed by atoms with Crippen molar-refractivity contribution in [3.63, 3.8) is 0 Å². The van der Waals surface area contributed by atoms with E-state index in [1.165, 1.54) is 0 Å². The van der Waals surface area contributed by atoms with Gasteiger partial charge in [0.25, 0.3) is 0 Å². The monoisotopic (exact) mass is 248 g/mol. The van der Waals surface area contributed by atoms with Crippen LogP contribution >= 0.6 is 0 Å². The quantitative estimate of drug-likeness (QED) is 0.672. The minimum atomic E-state index is -3.68. The highest BCUT2D eigenvalue weighted by Gasteiger charge is 2.36. The number of sulfonamides is 1. The summed E-state index contributed by atoms with van der Waals surface area (Å²) in [7, 11) is -3.68. The summed E-state index contributed by atoms with van der Waals surface area (Å²) >= 11 is 0. The van der Waals surface area contributed by atoms with Gasteiger partial charge in [0.15, 0.2) is 5.75 Å². The standard InChI is InChI=1S/C9H16N2O4S/c12-9(13)6-16(14,15)10-8-5-11-3-1-7(8)2-4-11/h7-8,10H,1-6H2,(H,12,13). The van der Waals surface area contributed by atoms with Gasteiger partial charge in [-0.2, -0.15) is 0 Å². The lowest BCUT2D eigenvalue weighted by Gasteiger charge is -2.44. The summed E-state index contributed by atoms with van der Waals surface area (Å²) < 4.78 is 25.5. The molecule has 2 N–H and O–H groups in total. The Hall–Kier alpha value is -0.660. The highest BCUT2D eigenvalue weighted by molar-refractivity contribution is 7.90. The van der Waals surface area contributed by atoms with E-state index in [1.807, 2.05) is 0 Å². The van der Waals surface area contributed by atoms with Gasteiger partial charge >= 0.3 is 5.97 Å². The van der Waals surface area contributed by atoms with Crippen LogP contribution in [0.3, 0.4) is 0 Å². The van der Waals surface area contributed by atoms with Crippen LogP contribution < -0.4 is 4.72 Å². The van der Waals surface area contributed by atoms with Gasteiger partial charge < -0.3 is 10.0 Å². The second-order valence-electron chi connectivity index (χ2n) is 4.52. The van der Waals surface area contributed by atoms with E-state index in [4.69, 9.17) is 5.11 Å². The number of carboxylic acid groups (broad SMARTS) is 1. The first kappa shape index (κ1) is 11.8. The zero-order valence-electron chi connectivity index (χ0n) is 8.92. The predicted molar refractivity (Wildman–Crippen MR) is 57.5 cm³/mol. The van der Waals surface area contributed by atoms with Gasteiger partial charge in [-0.15, -0.1) is 0 Å². The SMILES string of the molecule is O=C(O)CS(=O)(=O)NC1CN2CCC1CC2. The van der Waals surface area contributed by atoms with E-state index in [0.29, 0.717) is 12.5 Å². The van der Waals surface area contributed by atoms with Gasteiger partial charge in [-0.1, -0.05) is 0 Å². The van der Waals surface area contributed by atoms with Gasteiger partial charge in [-0.05, 0) is 31.8 Å². The molecule has 16 heavy (non-hydrogen) atoms. The summed E-state index contributed by atoms with van der Waals surface area (Å²) in [6, 6.07) is -0.105. The molecule has 0 saturated carbocycles. The van der Waals surface area contributed by atoms with E-state index in [9.17, 15) is 13.2 Å². The summed E-state index contributed by atoms with van der Waals surface area (Å²) in [6.45, 7) is 2.77. The molecule has 3 saturated heterocycles. The van der Waals surface area contributed by atoms with Crippen LogP contribution in [0.5, 0.6) is 0 Å². The summed E-state index contributed by atoms with van der Waals surface area (Å²) in [4.78, 5) is 12.6. The Morgan fingerprint density at radius 2 is 2.00 bits per heavy atom. The number of carboxylic acids is 1. The summed E-state index contributed by atoms with van der Waals surface area (Å²) in [6.07, 6.45) is 2.00. The Morgan fingerprint density at radius 3 is 2.44 bits per heavy atom. The number of hydrogen-bond donors (Lipinski definition) is 2. The first-order valence-electron chi connectivity index (χ1n) is 5.40. The molecule has 3 aliphatic heterocycles. The van der Waals surface area contributed by atoms with Crippen LogP contribution in [0, 0.1) is 5.92 Å². The zero-order valence-corrected chi connectivity index (χ0v) is 9.74. The molecule has 3 heterocycles. The van der Waals surface area contributed by atoms with E-state index in [2.05, 4.69) is 9.62 Å². The molecule has 3 aliphatic rings. The van der Waals surface area contributed by atoms with Crippen LogP contribution in [0.25, 0.3) is 0 Å². The van der Waals surface area contributed by atoms with Gasteiger partial charge in [0.1, 0.15) is 0 Å². The minimum absolute atomic E-state index is 0.105. The molecule has 3 rings (SSSR count). The number of hydrogen-bond acceptors (Lipinski definition) is 4. The molecule has 0 amide bonds. The molecule has 0 aromatic heterocycles. The molecule has 1 atom stereocenters. The molecule has 0 aromatic rings. The van der Waals surface area contributed by atoms with Crippen LogP contribution in [0.4, 0.5) is 0 Å². The van der Waals surface area contributed by atoms with Crippen molar-refractivity contribution in [2.45, 2.75) is 18.9 Å². The van der Waals surface area contributed by atoms with Crippen molar-refractivity contribution < 1.29 is 18.3 Å². The zero-order chi connectivity index (χ0) is 11.8. The second kappa shape index (κ2) is 4.31. The number of nitrogens with one attached hydrogen (secondary N) is 1. The van der Waals surface area contributed by atoms with Crippen LogP contribution in [0.15, 0.2) is 0 Å². The van der Waals surface area contributed by atoms with Crippen molar-refractivity contribution in [2.75, 3.05) is 25.4 Å². The van der Waals surface area contributed by atoms with Crippen molar-refractivity contribution in [3.8, 4) is 0 Å². The average molecular weight is 248 g/mol. The second-order valence-corrected chi connectivity index (χ2v) is 6.27. The third kappa shape index (κ3) is 2.72. The highest BCUT2D eigenvalue weighted by atomic mass is 32.2. The summed E-state index contributed by atoms with van der Waals surface area (Å²) in [5, 5.41) is 8.48. The Bertz CT molecular complexity index is 373. The molecule has 1 unspecified atom stereocenters. The number of rotatable bonds is 4. The molecule has 0 aromatic carbocycles. The first-order chi connectivity index (χ1) is 7.46. The Balaban J connectivity index is 1.97. The van der Waals surface area contributed by atoms with Crippen molar-refractivity contribution in [1.29, 1.82) is 0 Å². The van der Waals surface area contributed by atoms with E-state index < -0.39 is 21.7 Å². The predicted octanol–water partition coefficient (Wildman–Crippen LogP) is -0.915. The smallest absolute Gasteiger partial charge is 0.320 e. The normalized spacial score (nSPS) is 33.9. The number of piperidine rings is 3. The van der Waals surface area contributed by atoms with Crippen molar-refractivity contribution in [3.05, 3.63) is 0 Å². The molecular weight excluding hydrogens is 232 g/mol. The molecule has 0 aliphatic carbocycles. The average Bonchev–Trinajstić information content (AvgIpc) is 2.16. The van der Waals surface area contributed by atoms with Crippen LogP contribution in [0.2, 0.25) is 0 Å². The molecule has 92 valence electrons. The van der Waals surface area contributed by atoms with Crippen molar-refractivity contribution in [1.82, 2.24) is 9.62 Å². The Kier molecular flexibility index (Phi) is 3.18. The number of nitrogens with zero attached hydrogens (tertiary/aromatic N) is 1.